The van der Waals surface area contributed by atoms with Crippen molar-refractivity contribution in [3.05, 3.63) is 0 Å². The molecule has 1 rings (SSSR count). The third-order valence-electron chi connectivity index (χ3n) is 4.22. The number of carboxylic acids is 1. The summed E-state index contributed by atoms with van der Waals surface area (Å²) in [5, 5.41) is 11.2. The molecular formula is C12H20N2O5. The van der Waals surface area contributed by atoms with Gasteiger partial charge in [0.25, 0.3) is 0 Å². The van der Waals surface area contributed by atoms with Crippen LogP contribution in [0.15, 0.2) is 0 Å². The van der Waals surface area contributed by atoms with Crippen molar-refractivity contribution in [2.75, 3.05) is 7.11 Å². The van der Waals surface area contributed by atoms with Crippen molar-refractivity contribution in [1.29, 1.82) is 0 Å². The molecule has 4 N–H and O–H groups in total. The second-order valence-corrected chi connectivity index (χ2v) is 5.44. The Morgan fingerprint density at radius 3 is 2.21 bits per heavy atom. The van der Waals surface area contributed by atoms with Gasteiger partial charge < -0.3 is 20.9 Å². The molecule has 108 valence electrons. The SMILES string of the molecule is COC(=O)[C@@]1(NC(=O)[C@@H](N)CC(=O)O)[C@H](C)C1(C)C. The van der Waals surface area contributed by atoms with Crippen molar-refractivity contribution in [3.63, 3.8) is 0 Å². The Morgan fingerprint density at radius 1 is 1.42 bits per heavy atom. The van der Waals surface area contributed by atoms with Gasteiger partial charge in [0.2, 0.25) is 5.91 Å². The van der Waals surface area contributed by atoms with E-state index in [4.69, 9.17) is 15.6 Å². The van der Waals surface area contributed by atoms with Gasteiger partial charge in [0.05, 0.1) is 19.6 Å². The molecule has 3 atom stereocenters. The van der Waals surface area contributed by atoms with Crippen LogP contribution in [0.3, 0.4) is 0 Å². The van der Waals surface area contributed by atoms with Crippen molar-refractivity contribution in [3.8, 4) is 0 Å². The highest BCUT2D eigenvalue weighted by atomic mass is 16.5. The number of amides is 1. The number of carbonyl (C=O) groups is 3. The van der Waals surface area contributed by atoms with E-state index in [1.807, 2.05) is 20.8 Å². The third-order valence-corrected chi connectivity index (χ3v) is 4.22. The van der Waals surface area contributed by atoms with Gasteiger partial charge in [-0.25, -0.2) is 4.79 Å². The van der Waals surface area contributed by atoms with E-state index in [0.717, 1.165) is 0 Å². The summed E-state index contributed by atoms with van der Waals surface area (Å²) in [6.45, 7) is 5.48. The van der Waals surface area contributed by atoms with Gasteiger partial charge in [0, 0.05) is 5.41 Å². The maximum atomic E-state index is 11.9. The third kappa shape index (κ3) is 2.30. The number of nitrogens with one attached hydrogen (secondary N) is 1. The lowest BCUT2D eigenvalue weighted by atomic mass is 10.0. The average Bonchev–Trinajstić information content (AvgIpc) is 2.73. The van der Waals surface area contributed by atoms with E-state index >= 15 is 0 Å². The van der Waals surface area contributed by atoms with Crippen molar-refractivity contribution in [2.45, 2.75) is 38.8 Å². The Bertz CT molecular complexity index is 420. The summed E-state index contributed by atoms with van der Waals surface area (Å²) in [6, 6.07) is -1.19. The van der Waals surface area contributed by atoms with E-state index in [2.05, 4.69) is 5.32 Å². The summed E-state index contributed by atoms with van der Waals surface area (Å²) < 4.78 is 4.73. The monoisotopic (exact) mass is 272 g/mol. The molecule has 0 radical (unpaired) electrons. The molecule has 19 heavy (non-hydrogen) atoms. The second kappa shape index (κ2) is 4.80. The van der Waals surface area contributed by atoms with E-state index in [1.165, 1.54) is 7.11 Å². The van der Waals surface area contributed by atoms with Crippen LogP contribution in [0.4, 0.5) is 0 Å². The molecule has 1 aliphatic rings. The van der Waals surface area contributed by atoms with Crippen LogP contribution in [0.5, 0.6) is 0 Å². The van der Waals surface area contributed by atoms with E-state index in [1.54, 1.807) is 0 Å². The molecule has 0 saturated heterocycles. The standard InChI is InChI=1S/C12H20N2O5/c1-6-11(2,3)12(6,10(18)19-4)14-9(17)7(13)5-8(15)16/h6-7H,5,13H2,1-4H3,(H,14,17)(H,15,16)/t6-,7+,12+/m1/s1. The number of esters is 1. The Morgan fingerprint density at radius 2 is 1.89 bits per heavy atom. The number of methoxy groups -OCH3 is 1. The number of carbonyl (C=O) groups excluding carboxylic acids is 2. The zero-order chi connectivity index (χ0) is 15.0. The molecule has 0 aliphatic heterocycles. The van der Waals surface area contributed by atoms with Crippen LogP contribution in [0.1, 0.15) is 27.2 Å². The highest BCUT2D eigenvalue weighted by Crippen LogP contribution is 2.61. The van der Waals surface area contributed by atoms with Gasteiger partial charge in [-0.3, -0.25) is 9.59 Å². The fourth-order valence-corrected chi connectivity index (χ4v) is 2.51. The molecule has 1 aliphatic carbocycles. The number of hydrogen-bond donors (Lipinski definition) is 3. The van der Waals surface area contributed by atoms with Crippen LogP contribution in [-0.2, 0) is 19.1 Å². The molecule has 0 spiro atoms. The highest BCUT2D eigenvalue weighted by molar-refractivity contribution is 5.95. The lowest BCUT2D eigenvalue weighted by Gasteiger charge is -2.21. The van der Waals surface area contributed by atoms with Gasteiger partial charge in [0.1, 0.15) is 5.54 Å². The van der Waals surface area contributed by atoms with Crippen molar-refractivity contribution in [2.24, 2.45) is 17.1 Å². The van der Waals surface area contributed by atoms with E-state index < -0.39 is 41.3 Å². The molecule has 0 heterocycles. The van der Waals surface area contributed by atoms with Crippen molar-refractivity contribution in [1.82, 2.24) is 5.32 Å². The molecule has 0 unspecified atom stereocenters. The number of ether oxygens (including phenoxy) is 1. The van der Waals surface area contributed by atoms with Gasteiger partial charge >= 0.3 is 11.9 Å². The summed E-state index contributed by atoms with van der Waals surface area (Å²) >= 11 is 0. The van der Waals surface area contributed by atoms with Crippen molar-refractivity contribution < 1.29 is 24.2 Å². The largest absolute Gasteiger partial charge is 0.481 e. The predicted octanol–water partition coefficient (Wildman–Crippen LogP) is -0.508. The van der Waals surface area contributed by atoms with E-state index in [9.17, 15) is 14.4 Å². The number of rotatable bonds is 5. The molecule has 0 aromatic rings. The Balaban J connectivity index is 2.86. The van der Waals surface area contributed by atoms with Crippen LogP contribution >= 0.6 is 0 Å². The molecular weight excluding hydrogens is 252 g/mol. The van der Waals surface area contributed by atoms with Crippen LogP contribution in [0.25, 0.3) is 0 Å². The second-order valence-electron chi connectivity index (χ2n) is 5.44. The lowest BCUT2D eigenvalue weighted by molar-refractivity contribution is -0.148. The van der Waals surface area contributed by atoms with Crippen molar-refractivity contribution >= 4 is 17.8 Å². The fraction of sp³-hybridized carbons (Fsp3) is 0.750. The normalized spacial score (nSPS) is 29.2. The summed E-state index contributed by atoms with van der Waals surface area (Å²) in [5.74, 6) is -2.49. The van der Waals surface area contributed by atoms with Gasteiger partial charge in [-0.1, -0.05) is 20.8 Å². The lowest BCUT2D eigenvalue weighted by Crippen LogP contribution is -2.53. The zero-order valence-electron chi connectivity index (χ0n) is 11.5. The number of carboxylic acid groups (broad SMARTS) is 1. The number of aliphatic carboxylic acids is 1. The summed E-state index contributed by atoms with van der Waals surface area (Å²) in [4.78, 5) is 34.3. The first-order valence-corrected chi connectivity index (χ1v) is 5.99. The topological polar surface area (TPSA) is 119 Å². The van der Waals surface area contributed by atoms with Gasteiger partial charge in [-0.2, -0.15) is 0 Å². The van der Waals surface area contributed by atoms with E-state index in [0.29, 0.717) is 0 Å². The van der Waals surface area contributed by atoms with Crippen LogP contribution in [0, 0.1) is 11.3 Å². The van der Waals surface area contributed by atoms with Crippen LogP contribution in [-0.4, -0.2) is 41.6 Å². The Labute approximate surface area is 111 Å². The first-order valence-electron chi connectivity index (χ1n) is 5.99. The Hall–Kier alpha value is -1.63. The summed E-state index contributed by atoms with van der Waals surface area (Å²) in [7, 11) is 1.24. The minimum Gasteiger partial charge on any atom is -0.481 e. The highest BCUT2D eigenvalue weighted by Gasteiger charge is 2.75. The molecule has 1 fully saturated rings. The minimum absolute atomic E-state index is 0.117. The van der Waals surface area contributed by atoms with Crippen LogP contribution in [0.2, 0.25) is 0 Å². The van der Waals surface area contributed by atoms with Gasteiger partial charge in [-0.05, 0) is 5.92 Å². The number of nitrogens with two attached hydrogens (primary N) is 1. The molecule has 0 bridgehead atoms. The smallest absolute Gasteiger partial charge is 0.332 e. The van der Waals surface area contributed by atoms with Gasteiger partial charge in [0.15, 0.2) is 0 Å². The van der Waals surface area contributed by atoms with Crippen LogP contribution < -0.4 is 11.1 Å². The first kappa shape index (κ1) is 15.4. The average molecular weight is 272 g/mol. The number of hydrogen-bond acceptors (Lipinski definition) is 5. The maximum Gasteiger partial charge on any atom is 0.332 e. The molecule has 7 nitrogen and oxygen atoms in total. The molecule has 1 amide bonds. The summed E-state index contributed by atoms with van der Waals surface area (Å²) in [5.41, 5.74) is 3.89. The maximum absolute atomic E-state index is 11.9. The Kier molecular flexibility index (Phi) is 3.90. The van der Waals surface area contributed by atoms with E-state index in [-0.39, 0.29) is 5.92 Å². The van der Waals surface area contributed by atoms with Gasteiger partial charge in [-0.15, -0.1) is 0 Å². The summed E-state index contributed by atoms with van der Waals surface area (Å²) in [6.07, 6.45) is -0.488. The molecule has 7 heteroatoms. The minimum atomic E-state index is -1.19. The molecule has 0 aromatic heterocycles. The molecule has 1 saturated carbocycles. The first-order chi connectivity index (χ1) is 8.61. The predicted molar refractivity (Wildman–Crippen MR) is 66.1 cm³/mol. The molecule has 0 aromatic carbocycles. The quantitative estimate of drug-likeness (QED) is 0.580. The fourth-order valence-electron chi connectivity index (χ4n) is 2.51. The zero-order valence-corrected chi connectivity index (χ0v) is 11.5.